The molecule has 2 aromatic carbocycles. The largest absolute Gasteiger partial charge is 0.489 e. The minimum atomic E-state index is -0.323. The highest BCUT2D eigenvalue weighted by Gasteiger charge is 2.35. The number of imide groups is 1. The van der Waals surface area contributed by atoms with Gasteiger partial charge in [0.05, 0.1) is 12.2 Å². The number of nitrogens with one attached hydrogen (secondary N) is 1. The van der Waals surface area contributed by atoms with E-state index < -0.39 is 0 Å². The smallest absolute Gasteiger partial charge is 0.249 e. The number of hydrogen-bond acceptors (Lipinski definition) is 4. The van der Waals surface area contributed by atoms with E-state index in [0.717, 1.165) is 22.6 Å². The van der Waals surface area contributed by atoms with Gasteiger partial charge in [0.25, 0.3) is 0 Å². The molecule has 2 heterocycles. The van der Waals surface area contributed by atoms with E-state index in [0.29, 0.717) is 26.0 Å². The zero-order valence-corrected chi connectivity index (χ0v) is 13.2. The van der Waals surface area contributed by atoms with Crippen molar-refractivity contribution in [3.63, 3.8) is 0 Å². The van der Waals surface area contributed by atoms with Crippen molar-refractivity contribution in [3.8, 4) is 16.9 Å². The van der Waals surface area contributed by atoms with Crippen LogP contribution in [0.4, 0.5) is 5.69 Å². The van der Waals surface area contributed by atoms with Crippen LogP contribution in [0.25, 0.3) is 11.1 Å². The molecule has 1 atom stereocenters. The molecule has 0 saturated carbocycles. The monoisotopic (exact) mass is 322 g/mol. The first-order valence-electron chi connectivity index (χ1n) is 8.15. The normalized spacial score (nSPS) is 20.2. The van der Waals surface area contributed by atoms with Crippen LogP contribution in [0.2, 0.25) is 0 Å². The highest BCUT2D eigenvalue weighted by atomic mass is 16.5. The summed E-state index contributed by atoms with van der Waals surface area (Å²) < 4.78 is 5.95. The van der Waals surface area contributed by atoms with Crippen molar-refractivity contribution in [1.82, 2.24) is 5.32 Å². The number of rotatable bonds is 2. The Bertz CT molecular complexity index is 788. The predicted octanol–water partition coefficient (Wildman–Crippen LogP) is 2.36. The summed E-state index contributed by atoms with van der Waals surface area (Å²) in [5, 5.41) is 2.44. The standard InChI is InChI=1S/C19H18N2O3/c22-17-10-9-16(19(23)20-17)21-11-12-24-18-14(7-4-8-15(18)21)13-5-2-1-3-6-13/h1-8,16H,9-12H2,(H,20,22,23). The molecule has 2 aliphatic rings. The van der Waals surface area contributed by atoms with Gasteiger partial charge in [-0.25, -0.2) is 0 Å². The van der Waals surface area contributed by atoms with Crippen molar-refractivity contribution in [2.75, 3.05) is 18.1 Å². The van der Waals surface area contributed by atoms with Gasteiger partial charge in [-0.05, 0) is 18.1 Å². The number of para-hydroxylation sites is 1. The van der Waals surface area contributed by atoms with Gasteiger partial charge in [0.1, 0.15) is 12.6 Å². The number of piperidine rings is 1. The van der Waals surface area contributed by atoms with Crippen molar-refractivity contribution in [3.05, 3.63) is 48.5 Å². The van der Waals surface area contributed by atoms with Crippen LogP contribution in [0.15, 0.2) is 48.5 Å². The van der Waals surface area contributed by atoms with Gasteiger partial charge < -0.3 is 9.64 Å². The van der Waals surface area contributed by atoms with Crippen LogP contribution in [-0.2, 0) is 9.59 Å². The number of benzene rings is 2. The quantitative estimate of drug-likeness (QED) is 0.862. The van der Waals surface area contributed by atoms with Gasteiger partial charge in [-0.1, -0.05) is 42.5 Å². The third kappa shape index (κ3) is 2.52. The maximum absolute atomic E-state index is 12.3. The highest BCUT2D eigenvalue weighted by molar-refractivity contribution is 6.02. The molecule has 1 saturated heterocycles. The van der Waals surface area contributed by atoms with E-state index in [1.807, 2.05) is 48.5 Å². The second kappa shape index (κ2) is 6.00. The van der Waals surface area contributed by atoms with Gasteiger partial charge >= 0.3 is 0 Å². The van der Waals surface area contributed by atoms with Gasteiger partial charge in [-0.3, -0.25) is 14.9 Å². The molecule has 0 spiro atoms. The first kappa shape index (κ1) is 14.8. The molecule has 5 nitrogen and oxygen atoms in total. The summed E-state index contributed by atoms with van der Waals surface area (Å²) in [7, 11) is 0. The molecule has 2 amide bonds. The molecule has 2 aliphatic heterocycles. The lowest BCUT2D eigenvalue weighted by atomic mass is 9.99. The Kier molecular flexibility index (Phi) is 3.69. The predicted molar refractivity (Wildman–Crippen MR) is 90.9 cm³/mol. The van der Waals surface area contributed by atoms with Crippen LogP contribution in [0, 0.1) is 0 Å². The van der Waals surface area contributed by atoms with Crippen LogP contribution in [0.5, 0.6) is 5.75 Å². The minimum Gasteiger partial charge on any atom is -0.489 e. The van der Waals surface area contributed by atoms with Crippen molar-refractivity contribution in [2.24, 2.45) is 0 Å². The SMILES string of the molecule is O=C1CCC(N2CCOc3c(-c4ccccc4)cccc32)C(=O)N1. The number of ether oxygens (including phenoxy) is 1. The van der Waals surface area contributed by atoms with Gasteiger partial charge in [-0.2, -0.15) is 0 Å². The lowest BCUT2D eigenvalue weighted by Crippen LogP contribution is -2.54. The molecule has 0 radical (unpaired) electrons. The molecule has 1 N–H and O–H groups in total. The highest BCUT2D eigenvalue weighted by Crippen LogP contribution is 2.41. The van der Waals surface area contributed by atoms with E-state index in [-0.39, 0.29) is 17.9 Å². The fourth-order valence-electron chi connectivity index (χ4n) is 3.42. The zero-order valence-electron chi connectivity index (χ0n) is 13.2. The van der Waals surface area contributed by atoms with E-state index in [9.17, 15) is 9.59 Å². The fraction of sp³-hybridized carbons (Fsp3) is 0.263. The number of carbonyl (C=O) groups excluding carboxylic acids is 2. The maximum Gasteiger partial charge on any atom is 0.249 e. The first-order chi connectivity index (χ1) is 11.7. The molecule has 5 heteroatoms. The van der Waals surface area contributed by atoms with Crippen LogP contribution >= 0.6 is 0 Å². The number of hydrogen-bond donors (Lipinski definition) is 1. The Labute approximate surface area is 140 Å². The molecular formula is C19H18N2O3. The molecule has 2 aromatic rings. The van der Waals surface area contributed by atoms with Crippen LogP contribution in [0.1, 0.15) is 12.8 Å². The zero-order chi connectivity index (χ0) is 16.5. The van der Waals surface area contributed by atoms with Gasteiger partial charge in [0.15, 0.2) is 5.75 Å². The van der Waals surface area contributed by atoms with Gasteiger partial charge in [-0.15, -0.1) is 0 Å². The second-order valence-corrected chi connectivity index (χ2v) is 6.03. The summed E-state index contributed by atoms with van der Waals surface area (Å²) >= 11 is 0. The average molecular weight is 322 g/mol. The Morgan fingerprint density at radius 3 is 2.67 bits per heavy atom. The van der Waals surface area contributed by atoms with Gasteiger partial charge in [0.2, 0.25) is 11.8 Å². The van der Waals surface area contributed by atoms with Crippen LogP contribution in [0.3, 0.4) is 0 Å². The minimum absolute atomic E-state index is 0.192. The van der Waals surface area contributed by atoms with E-state index in [4.69, 9.17) is 4.74 Å². The molecular weight excluding hydrogens is 304 g/mol. The van der Waals surface area contributed by atoms with Crippen molar-refractivity contribution < 1.29 is 14.3 Å². The molecule has 1 fully saturated rings. The number of carbonyl (C=O) groups is 2. The summed E-state index contributed by atoms with van der Waals surface area (Å²) in [6.45, 7) is 1.16. The second-order valence-electron chi connectivity index (χ2n) is 6.03. The number of amides is 2. The molecule has 1 unspecified atom stereocenters. The van der Waals surface area contributed by atoms with E-state index in [1.54, 1.807) is 0 Å². The Morgan fingerprint density at radius 2 is 1.88 bits per heavy atom. The fourth-order valence-corrected chi connectivity index (χ4v) is 3.42. The third-order valence-corrected chi connectivity index (χ3v) is 4.55. The molecule has 4 rings (SSSR count). The summed E-state index contributed by atoms with van der Waals surface area (Å²) in [6, 6.07) is 15.7. The lowest BCUT2D eigenvalue weighted by molar-refractivity contribution is -0.134. The van der Waals surface area contributed by atoms with E-state index >= 15 is 0 Å². The van der Waals surface area contributed by atoms with Crippen molar-refractivity contribution in [2.45, 2.75) is 18.9 Å². The first-order valence-corrected chi connectivity index (χ1v) is 8.15. The number of anilines is 1. The van der Waals surface area contributed by atoms with Crippen molar-refractivity contribution in [1.29, 1.82) is 0 Å². The summed E-state index contributed by atoms with van der Waals surface area (Å²) in [6.07, 6.45) is 0.918. The summed E-state index contributed by atoms with van der Waals surface area (Å²) in [5.74, 6) is 0.395. The maximum atomic E-state index is 12.3. The van der Waals surface area contributed by atoms with Gasteiger partial charge in [0, 0.05) is 12.0 Å². The van der Waals surface area contributed by atoms with E-state index in [2.05, 4.69) is 10.2 Å². The molecule has 0 bridgehead atoms. The van der Waals surface area contributed by atoms with E-state index in [1.165, 1.54) is 0 Å². The third-order valence-electron chi connectivity index (χ3n) is 4.55. The topological polar surface area (TPSA) is 58.6 Å². The summed E-state index contributed by atoms with van der Waals surface area (Å²) in [5.41, 5.74) is 3.02. The molecule has 0 aromatic heterocycles. The van der Waals surface area contributed by atoms with Crippen molar-refractivity contribution >= 4 is 17.5 Å². The Morgan fingerprint density at radius 1 is 1.04 bits per heavy atom. The molecule has 0 aliphatic carbocycles. The molecule has 24 heavy (non-hydrogen) atoms. The Hall–Kier alpha value is -2.82. The van der Waals surface area contributed by atoms with Crippen LogP contribution < -0.4 is 15.0 Å². The average Bonchev–Trinajstić information content (AvgIpc) is 2.62. The summed E-state index contributed by atoms with van der Waals surface area (Å²) in [4.78, 5) is 25.7. The molecule has 122 valence electrons. The lowest BCUT2D eigenvalue weighted by Gasteiger charge is -2.38. The van der Waals surface area contributed by atoms with Crippen LogP contribution in [-0.4, -0.2) is 31.0 Å². The number of fused-ring (bicyclic) bond motifs is 1. The Balaban J connectivity index is 1.74. The number of nitrogens with zero attached hydrogens (tertiary/aromatic N) is 1.